The van der Waals surface area contributed by atoms with Crippen LogP contribution >= 0.6 is 0 Å². The molecule has 15 heavy (non-hydrogen) atoms. The third-order valence-corrected chi connectivity index (χ3v) is 2.34. The average Bonchev–Trinajstić information content (AvgIpc) is 2.56. The molecule has 0 aromatic carbocycles. The summed E-state index contributed by atoms with van der Waals surface area (Å²) in [6, 6.07) is 0.150. The molecule has 0 aliphatic carbocycles. The number of ether oxygens (including phenoxy) is 1. The number of rotatable bonds is 5. The maximum atomic E-state index is 10.8. The third-order valence-electron chi connectivity index (χ3n) is 2.34. The number of carboxylic acid groups (broad SMARTS) is 1. The lowest BCUT2D eigenvalue weighted by atomic mass is 10.2. The number of aromatic nitrogens is 2. The van der Waals surface area contributed by atoms with Crippen molar-refractivity contribution in [1.29, 1.82) is 0 Å². The molecule has 1 unspecified atom stereocenters. The fourth-order valence-corrected chi connectivity index (χ4v) is 1.34. The highest BCUT2D eigenvalue weighted by Crippen LogP contribution is 2.13. The van der Waals surface area contributed by atoms with Crippen LogP contribution in [0.25, 0.3) is 0 Å². The van der Waals surface area contributed by atoms with E-state index >= 15 is 0 Å². The van der Waals surface area contributed by atoms with Crippen molar-refractivity contribution in [3.8, 4) is 0 Å². The minimum Gasteiger partial charge on any atom is -0.478 e. The van der Waals surface area contributed by atoms with Gasteiger partial charge in [0.25, 0.3) is 0 Å². The van der Waals surface area contributed by atoms with Crippen molar-refractivity contribution in [2.45, 2.75) is 26.3 Å². The number of methoxy groups -OCH3 is 1. The quantitative estimate of drug-likeness (QED) is 0.803. The first-order valence-electron chi connectivity index (χ1n) is 4.84. The second kappa shape index (κ2) is 4.93. The van der Waals surface area contributed by atoms with Gasteiger partial charge >= 0.3 is 5.97 Å². The Labute approximate surface area is 88.7 Å². The van der Waals surface area contributed by atoms with E-state index in [1.165, 1.54) is 0 Å². The largest absolute Gasteiger partial charge is 0.478 e. The summed E-state index contributed by atoms with van der Waals surface area (Å²) in [7, 11) is 1.64. The second-order valence-corrected chi connectivity index (χ2v) is 3.54. The van der Waals surface area contributed by atoms with Crippen molar-refractivity contribution in [2.75, 3.05) is 13.7 Å². The number of aromatic carboxylic acids is 1. The molecule has 1 atom stereocenters. The number of hydrogen-bond acceptors (Lipinski definition) is 3. The lowest BCUT2D eigenvalue weighted by Crippen LogP contribution is -2.08. The molecule has 1 aromatic rings. The summed E-state index contributed by atoms with van der Waals surface area (Å²) in [5.74, 6) is -0.933. The molecule has 84 valence electrons. The van der Waals surface area contributed by atoms with Crippen LogP contribution < -0.4 is 0 Å². The zero-order valence-electron chi connectivity index (χ0n) is 9.23. The van der Waals surface area contributed by atoms with E-state index in [1.54, 1.807) is 24.9 Å². The third kappa shape index (κ3) is 2.79. The van der Waals surface area contributed by atoms with E-state index in [0.29, 0.717) is 12.3 Å². The Kier molecular flexibility index (Phi) is 3.85. The number of aryl methyl sites for hydroxylation is 1. The van der Waals surface area contributed by atoms with Gasteiger partial charge in [-0.25, -0.2) is 4.79 Å². The van der Waals surface area contributed by atoms with E-state index in [9.17, 15) is 4.79 Å². The second-order valence-electron chi connectivity index (χ2n) is 3.54. The van der Waals surface area contributed by atoms with Crippen molar-refractivity contribution in [1.82, 2.24) is 9.78 Å². The van der Waals surface area contributed by atoms with Crippen LogP contribution in [0.15, 0.2) is 6.20 Å². The van der Waals surface area contributed by atoms with Gasteiger partial charge in [-0.05, 0) is 20.3 Å². The van der Waals surface area contributed by atoms with E-state index in [-0.39, 0.29) is 11.6 Å². The van der Waals surface area contributed by atoms with Gasteiger partial charge in [-0.3, -0.25) is 4.68 Å². The van der Waals surface area contributed by atoms with Gasteiger partial charge in [0.05, 0.1) is 11.7 Å². The molecule has 1 heterocycles. The maximum Gasteiger partial charge on any atom is 0.339 e. The number of carbonyl (C=O) groups is 1. The van der Waals surface area contributed by atoms with E-state index in [1.807, 2.05) is 6.92 Å². The molecule has 0 radical (unpaired) electrons. The van der Waals surface area contributed by atoms with Gasteiger partial charge in [0.1, 0.15) is 5.56 Å². The first kappa shape index (κ1) is 11.7. The Balaban J connectivity index is 2.78. The topological polar surface area (TPSA) is 64.3 Å². The minimum atomic E-state index is -0.933. The highest BCUT2D eigenvalue weighted by molar-refractivity contribution is 5.88. The lowest BCUT2D eigenvalue weighted by molar-refractivity contribution is 0.0696. The van der Waals surface area contributed by atoms with Gasteiger partial charge in [-0.2, -0.15) is 5.10 Å². The molecule has 5 nitrogen and oxygen atoms in total. The summed E-state index contributed by atoms with van der Waals surface area (Å²) in [5, 5.41) is 13.0. The van der Waals surface area contributed by atoms with E-state index in [2.05, 4.69) is 5.10 Å². The molecule has 0 spiro atoms. The SMILES string of the molecule is COCCC(C)n1cc(C(=O)O)c(C)n1. The van der Waals surface area contributed by atoms with Crippen LogP contribution in [0.3, 0.4) is 0 Å². The number of nitrogens with zero attached hydrogens (tertiary/aromatic N) is 2. The Hall–Kier alpha value is -1.36. The average molecular weight is 212 g/mol. The van der Waals surface area contributed by atoms with Crippen LogP contribution in [0.4, 0.5) is 0 Å². The normalized spacial score (nSPS) is 12.7. The summed E-state index contributed by atoms with van der Waals surface area (Å²) in [4.78, 5) is 10.8. The van der Waals surface area contributed by atoms with Gasteiger partial charge < -0.3 is 9.84 Å². The van der Waals surface area contributed by atoms with Crippen molar-refractivity contribution in [2.24, 2.45) is 0 Å². The van der Waals surface area contributed by atoms with Gasteiger partial charge in [0, 0.05) is 19.9 Å². The van der Waals surface area contributed by atoms with Crippen LogP contribution in [0.2, 0.25) is 0 Å². The number of carboxylic acids is 1. The van der Waals surface area contributed by atoms with Crippen LogP contribution in [0.5, 0.6) is 0 Å². The monoisotopic (exact) mass is 212 g/mol. The van der Waals surface area contributed by atoms with Crippen molar-refractivity contribution in [3.05, 3.63) is 17.5 Å². The molecular weight excluding hydrogens is 196 g/mol. The Morgan fingerprint density at radius 1 is 1.73 bits per heavy atom. The Bertz CT molecular complexity index is 346. The van der Waals surface area contributed by atoms with Gasteiger partial charge in [-0.15, -0.1) is 0 Å². The summed E-state index contributed by atoms with van der Waals surface area (Å²) in [6.45, 7) is 4.32. The lowest BCUT2D eigenvalue weighted by Gasteiger charge is -2.10. The predicted octanol–water partition coefficient (Wildman–Crippen LogP) is 1.49. The molecule has 0 aliphatic rings. The summed E-state index contributed by atoms with van der Waals surface area (Å²) >= 11 is 0. The Morgan fingerprint density at radius 3 is 2.87 bits per heavy atom. The minimum absolute atomic E-state index is 0.150. The van der Waals surface area contributed by atoms with Crippen LogP contribution in [-0.4, -0.2) is 34.6 Å². The highest BCUT2D eigenvalue weighted by Gasteiger charge is 2.14. The molecule has 0 fully saturated rings. The molecule has 0 bridgehead atoms. The maximum absolute atomic E-state index is 10.8. The number of hydrogen-bond donors (Lipinski definition) is 1. The molecule has 0 aliphatic heterocycles. The molecule has 0 amide bonds. The first-order valence-corrected chi connectivity index (χ1v) is 4.84. The first-order chi connectivity index (χ1) is 7.06. The van der Waals surface area contributed by atoms with Crippen LogP contribution in [0, 0.1) is 6.92 Å². The fourth-order valence-electron chi connectivity index (χ4n) is 1.34. The standard InChI is InChI=1S/C10H16N2O3/c1-7(4-5-15-3)12-6-9(10(13)14)8(2)11-12/h6-7H,4-5H2,1-3H3,(H,13,14). The molecule has 1 rings (SSSR count). The van der Waals surface area contributed by atoms with E-state index in [0.717, 1.165) is 6.42 Å². The van der Waals surface area contributed by atoms with Crippen molar-refractivity contribution in [3.63, 3.8) is 0 Å². The molecular formula is C10H16N2O3. The van der Waals surface area contributed by atoms with Crippen LogP contribution in [-0.2, 0) is 4.74 Å². The highest BCUT2D eigenvalue weighted by atomic mass is 16.5. The molecule has 1 N–H and O–H groups in total. The van der Waals surface area contributed by atoms with Crippen molar-refractivity contribution >= 4 is 5.97 Å². The zero-order valence-corrected chi connectivity index (χ0v) is 9.23. The van der Waals surface area contributed by atoms with Gasteiger partial charge in [0.15, 0.2) is 0 Å². The van der Waals surface area contributed by atoms with Crippen LogP contribution in [0.1, 0.15) is 35.4 Å². The summed E-state index contributed by atoms with van der Waals surface area (Å²) in [6.07, 6.45) is 2.38. The Morgan fingerprint density at radius 2 is 2.40 bits per heavy atom. The molecule has 0 saturated carbocycles. The van der Waals surface area contributed by atoms with E-state index in [4.69, 9.17) is 9.84 Å². The fraction of sp³-hybridized carbons (Fsp3) is 0.600. The van der Waals surface area contributed by atoms with Crippen molar-refractivity contribution < 1.29 is 14.6 Å². The molecule has 0 saturated heterocycles. The summed E-state index contributed by atoms with van der Waals surface area (Å²) in [5.41, 5.74) is 0.811. The zero-order chi connectivity index (χ0) is 11.4. The molecule has 1 aromatic heterocycles. The van der Waals surface area contributed by atoms with Gasteiger partial charge in [0.2, 0.25) is 0 Å². The van der Waals surface area contributed by atoms with E-state index < -0.39 is 5.97 Å². The summed E-state index contributed by atoms with van der Waals surface area (Å²) < 4.78 is 6.64. The smallest absolute Gasteiger partial charge is 0.339 e. The molecule has 5 heteroatoms. The van der Waals surface area contributed by atoms with Gasteiger partial charge in [-0.1, -0.05) is 0 Å². The predicted molar refractivity (Wildman–Crippen MR) is 55.1 cm³/mol.